The summed E-state index contributed by atoms with van der Waals surface area (Å²) < 4.78 is 0. The van der Waals surface area contributed by atoms with Gasteiger partial charge in [0, 0.05) is 25.8 Å². The lowest BCUT2D eigenvalue weighted by atomic mass is 10.3. The highest BCUT2D eigenvalue weighted by Gasteiger charge is 2.14. The highest BCUT2D eigenvalue weighted by Crippen LogP contribution is 2.16. The van der Waals surface area contributed by atoms with E-state index in [1.807, 2.05) is 12.3 Å². The third-order valence-electron chi connectivity index (χ3n) is 2.87. The van der Waals surface area contributed by atoms with E-state index in [-0.39, 0.29) is 0 Å². The number of hydrogen-bond donors (Lipinski definition) is 1. The average molecular weight is 220 g/mol. The van der Waals surface area contributed by atoms with Crippen LogP contribution in [0.25, 0.3) is 0 Å². The highest BCUT2D eigenvalue weighted by atomic mass is 15.3. The lowest BCUT2D eigenvalue weighted by Gasteiger charge is -2.15. The SMILES string of the molecule is CCCCNc1ccnc(N2CCCC2)n1. The smallest absolute Gasteiger partial charge is 0.227 e. The fourth-order valence-corrected chi connectivity index (χ4v) is 1.91. The third-order valence-corrected chi connectivity index (χ3v) is 2.87. The lowest BCUT2D eigenvalue weighted by Crippen LogP contribution is -2.20. The molecule has 0 radical (unpaired) electrons. The lowest BCUT2D eigenvalue weighted by molar-refractivity contribution is 0.827. The van der Waals surface area contributed by atoms with Crippen molar-refractivity contribution in [1.82, 2.24) is 9.97 Å². The minimum Gasteiger partial charge on any atom is -0.370 e. The topological polar surface area (TPSA) is 41.1 Å². The minimum absolute atomic E-state index is 0.874. The molecule has 2 heterocycles. The van der Waals surface area contributed by atoms with E-state index in [0.29, 0.717) is 0 Å². The largest absolute Gasteiger partial charge is 0.370 e. The van der Waals surface area contributed by atoms with Gasteiger partial charge in [0.1, 0.15) is 5.82 Å². The fourth-order valence-electron chi connectivity index (χ4n) is 1.91. The van der Waals surface area contributed by atoms with Crippen LogP contribution >= 0.6 is 0 Å². The molecule has 4 nitrogen and oxygen atoms in total. The Hall–Kier alpha value is -1.32. The molecule has 1 saturated heterocycles. The zero-order chi connectivity index (χ0) is 11.2. The van der Waals surface area contributed by atoms with Crippen LogP contribution in [-0.4, -0.2) is 29.6 Å². The van der Waals surface area contributed by atoms with Crippen molar-refractivity contribution in [2.75, 3.05) is 29.9 Å². The van der Waals surface area contributed by atoms with Crippen molar-refractivity contribution in [2.24, 2.45) is 0 Å². The van der Waals surface area contributed by atoms with Crippen molar-refractivity contribution < 1.29 is 0 Å². The quantitative estimate of drug-likeness (QED) is 0.773. The third kappa shape index (κ3) is 2.84. The Morgan fingerprint density at radius 3 is 2.94 bits per heavy atom. The van der Waals surface area contributed by atoms with Gasteiger partial charge in [-0.05, 0) is 25.3 Å². The van der Waals surface area contributed by atoms with E-state index >= 15 is 0 Å². The van der Waals surface area contributed by atoms with Gasteiger partial charge in [-0.25, -0.2) is 4.98 Å². The summed E-state index contributed by atoms with van der Waals surface area (Å²) in [7, 11) is 0. The molecule has 16 heavy (non-hydrogen) atoms. The highest BCUT2D eigenvalue weighted by molar-refractivity contribution is 5.41. The van der Waals surface area contributed by atoms with E-state index in [1.54, 1.807) is 0 Å². The van der Waals surface area contributed by atoms with E-state index in [2.05, 4.69) is 27.1 Å². The summed E-state index contributed by atoms with van der Waals surface area (Å²) in [6.45, 7) is 5.38. The van der Waals surface area contributed by atoms with Gasteiger partial charge in [0.15, 0.2) is 0 Å². The molecule has 0 aromatic carbocycles. The molecule has 1 N–H and O–H groups in total. The van der Waals surface area contributed by atoms with Gasteiger partial charge in [-0.15, -0.1) is 0 Å². The Morgan fingerprint density at radius 1 is 1.38 bits per heavy atom. The fraction of sp³-hybridized carbons (Fsp3) is 0.667. The Balaban J connectivity index is 1.95. The maximum Gasteiger partial charge on any atom is 0.227 e. The first kappa shape index (κ1) is 11.2. The maximum absolute atomic E-state index is 4.53. The summed E-state index contributed by atoms with van der Waals surface area (Å²) in [5.74, 6) is 1.82. The maximum atomic E-state index is 4.53. The molecule has 0 aliphatic carbocycles. The molecular formula is C12H20N4. The van der Waals surface area contributed by atoms with Crippen LogP contribution in [0, 0.1) is 0 Å². The van der Waals surface area contributed by atoms with Gasteiger partial charge in [0.05, 0.1) is 0 Å². The first-order valence-corrected chi connectivity index (χ1v) is 6.22. The summed E-state index contributed by atoms with van der Waals surface area (Å²) in [5.41, 5.74) is 0. The summed E-state index contributed by atoms with van der Waals surface area (Å²) in [6.07, 6.45) is 6.75. The molecule has 0 spiro atoms. The summed E-state index contributed by atoms with van der Waals surface area (Å²) in [4.78, 5) is 11.1. The van der Waals surface area contributed by atoms with Crippen LogP contribution in [0.3, 0.4) is 0 Å². The molecule has 4 heteroatoms. The zero-order valence-corrected chi connectivity index (χ0v) is 9.95. The van der Waals surface area contributed by atoms with Crippen LogP contribution in [0.1, 0.15) is 32.6 Å². The molecule has 1 aliphatic rings. The van der Waals surface area contributed by atoms with Gasteiger partial charge in [0.2, 0.25) is 5.95 Å². The van der Waals surface area contributed by atoms with Crippen molar-refractivity contribution in [2.45, 2.75) is 32.6 Å². The number of hydrogen-bond acceptors (Lipinski definition) is 4. The zero-order valence-electron chi connectivity index (χ0n) is 9.95. The molecule has 1 aromatic rings. The van der Waals surface area contributed by atoms with E-state index in [0.717, 1.165) is 31.4 Å². The van der Waals surface area contributed by atoms with Crippen molar-refractivity contribution in [3.8, 4) is 0 Å². The summed E-state index contributed by atoms with van der Waals surface area (Å²) in [5, 5.41) is 3.33. The standard InChI is InChI=1S/C12H20N4/c1-2-3-7-13-11-6-8-14-12(15-11)16-9-4-5-10-16/h6,8H,2-5,7,9-10H2,1H3,(H,13,14,15). The number of nitrogens with one attached hydrogen (secondary N) is 1. The first-order chi connectivity index (χ1) is 7.90. The molecule has 0 saturated carbocycles. The van der Waals surface area contributed by atoms with E-state index in [4.69, 9.17) is 0 Å². The predicted molar refractivity (Wildman–Crippen MR) is 66.9 cm³/mol. The second kappa shape index (κ2) is 5.68. The Labute approximate surface area is 97.1 Å². The van der Waals surface area contributed by atoms with Gasteiger partial charge < -0.3 is 10.2 Å². The molecule has 1 fully saturated rings. The summed E-state index contributed by atoms with van der Waals surface area (Å²) >= 11 is 0. The van der Waals surface area contributed by atoms with Crippen molar-refractivity contribution in [1.29, 1.82) is 0 Å². The van der Waals surface area contributed by atoms with Gasteiger partial charge >= 0.3 is 0 Å². The van der Waals surface area contributed by atoms with Crippen LogP contribution in [-0.2, 0) is 0 Å². The van der Waals surface area contributed by atoms with Gasteiger partial charge in [-0.2, -0.15) is 4.98 Å². The number of nitrogens with zero attached hydrogens (tertiary/aromatic N) is 3. The molecule has 0 unspecified atom stereocenters. The molecule has 1 aromatic heterocycles. The van der Waals surface area contributed by atoms with Crippen LogP contribution in [0.2, 0.25) is 0 Å². The molecule has 0 amide bonds. The van der Waals surface area contributed by atoms with Gasteiger partial charge in [0.25, 0.3) is 0 Å². The number of anilines is 2. The second-order valence-corrected chi connectivity index (χ2v) is 4.22. The number of aromatic nitrogens is 2. The molecule has 1 aliphatic heterocycles. The van der Waals surface area contributed by atoms with Crippen LogP contribution in [0.15, 0.2) is 12.3 Å². The van der Waals surface area contributed by atoms with Crippen molar-refractivity contribution in [3.63, 3.8) is 0 Å². The van der Waals surface area contributed by atoms with Gasteiger partial charge in [-0.3, -0.25) is 0 Å². The van der Waals surface area contributed by atoms with E-state index in [9.17, 15) is 0 Å². The Bertz CT molecular complexity index is 321. The van der Waals surface area contributed by atoms with Gasteiger partial charge in [-0.1, -0.05) is 13.3 Å². The monoisotopic (exact) mass is 220 g/mol. The minimum atomic E-state index is 0.874. The van der Waals surface area contributed by atoms with Crippen LogP contribution in [0.5, 0.6) is 0 Å². The van der Waals surface area contributed by atoms with Crippen LogP contribution < -0.4 is 10.2 Å². The van der Waals surface area contributed by atoms with E-state index < -0.39 is 0 Å². The molecular weight excluding hydrogens is 200 g/mol. The summed E-state index contributed by atoms with van der Waals surface area (Å²) in [6, 6.07) is 1.94. The normalized spacial score (nSPS) is 15.4. The average Bonchev–Trinajstić information content (AvgIpc) is 2.83. The Morgan fingerprint density at radius 2 is 2.19 bits per heavy atom. The van der Waals surface area contributed by atoms with Crippen LogP contribution in [0.4, 0.5) is 11.8 Å². The van der Waals surface area contributed by atoms with Crippen molar-refractivity contribution >= 4 is 11.8 Å². The number of unbranched alkanes of at least 4 members (excludes halogenated alkanes) is 1. The first-order valence-electron chi connectivity index (χ1n) is 6.22. The molecule has 0 bridgehead atoms. The predicted octanol–water partition coefficient (Wildman–Crippen LogP) is 2.29. The molecule has 2 rings (SSSR count). The second-order valence-electron chi connectivity index (χ2n) is 4.22. The van der Waals surface area contributed by atoms with Crippen molar-refractivity contribution in [3.05, 3.63) is 12.3 Å². The molecule has 88 valence electrons. The number of rotatable bonds is 5. The van der Waals surface area contributed by atoms with E-state index in [1.165, 1.54) is 25.7 Å². The molecule has 0 atom stereocenters. The Kier molecular flexibility index (Phi) is 3.97.